The summed E-state index contributed by atoms with van der Waals surface area (Å²) in [4.78, 5) is 51.7. The Morgan fingerprint density at radius 1 is 0.784 bits per heavy atom. The van der Waals surface area contributed by atoms with Crippen molar-refractivity contribution >= 4 is 23.8 Å². The molecule has 1 amide bonds. The first-order valence-corrected chi connectivity index (χ1v) is 15.0. The molecule has 2 spiro atoms. The van der Waals surface area contributed by atoms with Crippen molar-refractivity contribution in [3.63, 3.8) is 0 Å². The number of halogens is 9. The molecule has 51 heavy (non-hydrogen) atoms. The predicted octanol–water partition coefficient (Wildman–Crippen LogP) is 4.91. The Morgan fingerprint density at radius 3 is 1.69 bits per heavy atom. The maximum absolute atomic E-state index is 13.6. The van der Waals surface area contributed by atoms with Crippen LogP contribution in [0.4, 0.5) is 39.5 Å². The molecule has 0 saturated carbocycles. The van der Waals surface area contributed by atoms with E-state index in [2.05, 4.69) is 38.7 Å². The summed E-state index contributed by atoms with van der Waals surface area (Å²) in [7, 11) is 0. The van der Waals surface area contributed by atoms with Crippen LogP contribution >= 0.6 is 0 Å². The highest BCUT2D eigenvalue weighted by molar-refractivity contribution is 5.86. The minimum Gasteiger partial charge on any atom is -0.475 e. The van der Waals surface area contributed by atoms with Crippen molar-refractivity contribution in [2.24, 2.45) is 10.8 Å². The van der Waals surface area contributed by atoms with Gasteiger partial charge in [-0.3, -0.25) is 19.6 Å². The Balaban J connectivity index is 0.000000352. The summed E-state index contributed by atoms with van der Waals surface area (Å²) in [5.74, 6) is -7.87. The minimum atomic E-state index is -5.08. The second-order valence-electron chi connectivity index (χ2n) is 11.8. The van der Waals surface area contributed by atoms with Crippen molar-refractivity contribution in [2.45, 2.75) is 57.8 Å². The van der Waals surface area contributed by atoms with Crippen LogP contribution in [0.15, 0.2) is 47.5 Å². The maximum Gasteiger partial charge on any atom is 0.490 e. The summed E-state index contributed by atoms with van der Waals surface area (Å²) >= 11 is 0. The van der Waals surface area contributed by atoms with Gasteiger partial charge in [0.05, 0.1) is 17.9 Å². The van der Waals surface area contributed by atoms with E-state index < -0.39 is 36.4 Å². The molecule has 12 nitrogen and oxygen atoms in total. The Morgan fingerprint density at radius 2 is 1.29 bits per heavy atom. The Labute approximate surface area is 284 Å². The van der Waals surface area contributed by atoms with Gasteiger partial charge >= 0.3 is 36.4 Å². The number of alkyl halides is 9. The first-order chi connectivity index (χ1) is 23.5. The van der Waals surface area contributed by atoms with E-state index in [0.717, 1.165) is 71.6 Å². The summed E-state index contributed by atoms with van der Waals surface area (Å²) < 4.78 is 100. The van der Waals surface area contributed by atoms with Crippen LogP contribution in [0, 0.1) is 10.8 Å². The van der Waals surface area contributed by atoms with Crippen LogP contribution in [0.1, 0.15) is 37.3 Å². The average molecular weight is 751 g/mol. The highest BCUT2D eigenvalue weighted by atomic mass is 19.4. The van der Waals surface area contributed by atoms with Crippen molar-refractivity contribution in [3.05, 3.63) is 54.2 Å². The number of hydrogen-bond donors (Lipinski definition) is 3. The van der Waals surface area contributed by atoms with Crippen molar-refractivity contribution in [1.82, 2.24) is 19.7 Å². The molecule has 3 N–H and O–H groups in total. The van der Waals surface area contributed by atoms with Gasteiger partial charge in [-0.2, -0.15) is 39.5 Å². The van der Waals surface area contributed by atoms with Gasteiger partial charge in [0.15, 0.2) is 0 Å². The number of hydrogen-bond acceptors (Lipinski definition) is 8. The van der Waals surface area contributed by atoms with E-state index in [0.29, 0.717) is 5.91 Å². The number of carbonyl (C=O) groups excluding carboxylic acids is 1. The van der Waals surface area contributed by atoms with Crippen LogP contribution in [0.2, 0.25) is 0 Å². The van der Waals surface area contributed by atoms with Gasteiger partial charge in [0.2, 0.25) is 5.91 Å². The molecule has 5 heterocycles. The zero-order valence-electron chi connectivity index (χ0n) is 26.9. The van der Waals surface area contributed by atoms with Crippen molar-refractivity contribution in [2.75, 3.05) is 39.3 Å². The van der Waals surface area contributed by atoms with E-state index in [1.54, 1.807) is 6.26 Å². The van der Waals surface area contributed by atoms with E-state index in [9.17, 15) is 44.3 Å². The highest BCUT2D eigenvalue weighted by Gasteiger charge is 2.64. The summed E-state index contributed by atoms with van der Waals surface area (Å²) in [5.41, 5.74) is 2.34. The van der Waals surface area contributed by atoms with Crippen molar-refractivity contribution < 1.29 is 78.4 Å². The number of amides is 1. The van der Waals surface area contributed by atoms with Gasteiger partial charge in [0.25, 0.3) is 0 Å². The molecule has 2 aromatic rings. The second kappa shape index (κ2) is 17.2. The van der Waals surface area contributed by atoms with E-state index in [1.165, 1.54) is 11.1 Å². The molecule has 1 unspecified atom stereocenters. The Bertz CT molecular complexity index is 1390. The van der Waals surface area contributed by atoms with Crippen LogP contribution in [0.25, 0.3) is 0 Å². The number of furan rings is 1. The summed E-state index contributed by atoms with van der Waals surface area (Å²) in [6.45, 7) is 9.68. The molecule has 3 aliphatic heterocycles. The molecular formula is C30H35F9N4O8. The second-order valence-corrected chi connectivity index (χ2v) is 11.8. The number of rotatable bonds is 5. The first kappa shape index (κ1) is 42.8. The van der Waals surface area contributed by atoms with Gasteiger partial charge in [-0.05, 0) is 57.0 Å². The van der Waals surface area contributed by atoms with Crippen molar-refractivity contribution in [3.8, 4) is 0 Å². The lowest BCUT2D eigenvalue weighted by Gasteiger charge is -2.47. The number of likely N-dealkylation sites (tertiary alicyclic amines) is 3. The molecule has 5 rings (SSSR count). The van der Waals surface area contributed by atoms with Crippen LogP contribution < -0.4 is 0 Å². The molecule has 0 radical (unpaired) electrons. The summed E-state index contributed by atoms with van der Waals surface area (Å²) in [5, 5.41) is 21.4. The number of carbonyl (C=O) groups is 4. The van der Waals surface area contributed by atoms with E-state index in [4.69, 9.17) is 34.1 Å². The largest absolute Gasteiger partial charge is 0.490 e. The number of aliphatic carboxylic acids is 3. The molecule has 0 aliphatic carbocycles. The number of fused-ring (bicyclic) bond motifs is 1. The third-order valence-corrected chi connectivity index (χ3v) is 8.58. The van der Waals surface area contributed by atoms with Gasteiger partial charge < -0.3 is 24.6 Å². The lowest BCUT2D eigenvalue weighted by Crippen LogP contribution is -2.52. The molecular weight excluding hydrogens is 715 g/mol. The molecule has 3 aliphatic rings. The lowest BCUT2D eigenvalue weighted by atomic mass is 9.60. The zero-order valence-corrected chi connectivity index (χ0v) is 26.9. The Kier molecular flexibility index (Phi) is 14.4. The maximum atomic E-state index is 13.6. The fourth-order valence-electron chi connectivity index (χ4n) is 6.24. The van der Waals surface area contributed by atoms with E-state index in [-0.39, 0.29) is 10.8 Å². The van der Waals surface area contributed by atoms with Crippen LogP contribution in [-0.2, 0) is 32.3 Å². The predicted molar refractivity (Wildman–Crippen MR) is 156 cm³/mol. The molecule has 286 valence electrons. The van der Waals surface area contributed by atoms with Gasteiger partial charge in [-0.25, -0.2) is 14.4 Å². The van der Waals surface area contributed by atoms with Gasteiger partial charge in [-0.15, -0.1) is 0 Å². The smallest absolute Gasteiger partial charge is 0.475 e. The fourth-order valence-corrected chi connectivity index (χ4v) is 6.24. The first-order valence-electron chi connectivity index (χ1n) is 15.0. The summed E-state index contributed by atoms with van der Waals surface area (Å²) in [6, 6.07) is 6.20. The van der Waals surface area contributed by atoms with Crippen LogP contribution in [-0.4, -0.2) is 117 Å². The Hall–Kier alpha value is -4.40. The quantitative estimate of drug-likeness (QED) is 0.356. The SMILES string of the molecule is CCN1CCC2(CN(Cc3cccnc3)CC23CCN(Cc2ccoc2)CC3)C1=O.O=C(O)C(F)(F)F.O=C(O)C(F)(F)F.O=C(O)C(F)(F)F. The van der Waals surface area contributed by atoms with Crippen molar-refractivity contribution in [1.29, 1.82) is 0 Å². The average Bonchev–Trinajstić information content (AvgIpc) is 3.73. The van der Waals surface area contributed by atoms with E-state index >= 15 is 0 Å². The van der Waals surface area contributed by atoms with Crippen LogP contribution in [0.5, 0.6) is 0 Å². The molecule has 21 heteroatoms. The van der Waals surface area contributed by atoms with E-state index in [1.807, 2.05) is 24.7 Å². The number of piperidine rings is 1. The molecule has 3 saturated heterocycles. The zero-order chi connectivity index (χ0) is 38.8. The highest BCUT2D eigenvalue weighted by Crippen LogP contribution is 2.58. The summed E-state index contributed by atoms with van der Waals surface area (Å²) in [6.07, 6.45) is -4.68. The lowest BCUT2D eigenvalue weighted by molar-refractivity contribution is -0.193. The third kappa shape index (κ3) is 11.8. The van der Waals surface area contributed by atoms with Gasteiger partial charge in [-0.1, -0.05) is 6.07 Å². The molecule has 2 aromatic heterocycles. The molecule has 0 bridgehead atoms. The van der Waals surface area contributed by atoms with Gasteiger partial charge in [0, 0.05) is 62.6 Å². The molecule has 0 aromatic carbocycles. The monoisotopic (exact) mass is 750 g/mol. The van der Waals surface area contributed by atoms with Crippen LogP contribution in [0.3, 0.4) is 0 Å². The molecule has 3 fully saturated rings. The molecule has 1 atom stereocenters. The third-order valence-electron chi connectivity index (χ3n) is 8.58. The number of pyridine rings is 1. The number of carboxylic acids is 3. The number of nitrogens with zero attached hydrogens (tertiary/aromatic N) is 4. The number of carboxylic acid groups (broad SMARTS) is 3. The van der Waals surface area contributed by atoms with Gasteiger partial charge in [0.1, 0.15) is 0 Å². The topological polar surface area (TPSA) is 165 Å². The number of aromatic nitrogens is 1. The standard InChI is InChI=1S/C24H32N4O2.3C2HF3O2/c1-2-28-12-8-24(22(28)29)19-27(15-20-4-3-9-25-14-20)18-23(24)6-10-26(11-7-23)16-21-5-13-30-17-21;3*3-2(4,5)1(6)7/h3-5,9,13-14,17H,2,6-8,10-12,15-16,18-19H2,1H3;3*(H,6,7). The minimum absolute atomic E-state index is 0.0864. The fraction of sp³-hybridized carbons (Fsp3) is 0.567. The normalized spacial score (nSPS) is 20.5.